The number of carbonyl (C=O) groups is 1. The van der Waals surface area contributed by atoms with Gasteiger partial charge in [0.1, 0.15) is 0 Å². The summed E-state index contributed by atoms with van der Waals surface area (Å²) in [6.45, 7) is 2.72. The fourth-order valence-corrected chi connectivity index (χ4v) is 0.295. The van der Waals surface area contributed by atoms with E-state index in [1.165, 1.54) is 0 Å². The van der Waals surface area contributed by atoms with Crippen LogP contribution in [0.25, 0.3) is 0 Å². The molecule has 0 amide bonds. The molecule has 60 valence electrons. The van der Waals surface area contributed by atoms with Crippen molar-refractivity contribution < 1.29 is 9.90 Å². The van der Waals surface area contributed by atoms with Gasteiger partial charge >= 0.3 is 5.97 Å². The van der Waals surface area contributed by atoms with E-state index in [0.29, 0.717) is 0 Å². The lowest BCUT2D eigenvalue weighted by molar-refractivity contribution is -0.135. The van der Waals surface area contributed by atoms with E-state index in [9.17, 15) is 4.79 Å². The maximum atomic E-state index is 9.94. The van der Waals surface area contributed by atoms with Crippen molar-refractivity contribution in [2.75, 3.05) is 6.54 Å². The highest BCUT2D eigenvalue weighted by atomic mass is 16.4. The molecule has 0 saturated carbocycles. The lowest BCUT2D eigenvalue weighted by atomic mass is 10.1. The minimum atomic E-state index is -1.05. The highest BCUT2D eigenvalue weighted by Crippen LogP contribution is 2.06. The van der Waals surface area contributed by atoms with Gasteiger partial charge in [-0.15, -0.1) is 0 Å². The van der Waals surface area contributed by atoms with Gasteiger partial charge in [-0.1, -0.05) is 0 Å². The Hall–Kier alpha value is -1.44. The van der Waals surface area contributed by atoms with Crippen LogP contribution < -0.4 is 0 Å². The summed E-state index contributed by atoms with van der Waals surface area (Å²) in [7, 11) is 0. The number of rotatable bonds is 3. The molecule has 0 aromatic rings. The van der Waals surface area contributed by atoms with Crippen LogP contribution in [0.1, 0.15) is 13.8 Å². The number of aliphatic carboxylic acids is 1. The van der Waals surface area contributed by atoms with Crippen LogP contribution in [0, 0.1) is 11.3 Å². The van der Waals surface area contributed by atoms with Crippen molar-refractivity contribution in [2.24, 2.45) is 10.2 Å². The number of azo groups is 1. The van der Waals surface area contributed by atoms with Crippen LogP contribution in [0.15, 0.2) is 10.2 Å². The number of nitrogens with zero attached hydrogens (tertiary/aromatic N) is 3. The van der Waals surface area contributed by atoms with Crippen molar-refractivity contribution >= 4 is 5.97 Å². The number of carboxylic acid groups (broad SMARTS) is 1. The van der Waals surface area contributed by atoms with Crippen LogP contribution in [0.3, 0.4) is 0 Å². The van der Waals surface area contributed by atoms with Gasteiger partial charge < -0.3 is 5.11 Å². The van der Waals surface area contributed by atoms with E-state index < -0.39 is 11.5 Å². The number of hydrogen-bond acceptors (Lipinski definition) is 4. The molecular formula is C6H9N3O2. The number of carboxylic acids is 1. The Balaban J connectivity index is 3.95. The van der Waals surface area contributed by atoms with E-state index in [1.54, 1.807) is 13.8 Å². The first kappa shape index (κ1) is 9.56. The standard InChI is InChI=1S/C6H9N3O2/c1-6(2,4-7)9-8-3-5(10)11/h3H2,1-2H3,(H,10,11). The molecule has 0 saturated heterocycles. The zero-order valence-electron chi connectivity index (χ0n) is 6.40. The SMILES string of the molecule is CC(C)(C#N)N=NCC(=O)O. The first-order valence-corrected chi connectivity index (χ1v) is 2.99. The molecule has 0 atom stereocenters. The molecule has 0 aromatic heterocycles. The minimum absolute atomic E-state index is 0.384. The first-order valence-electron chi connectivity index (χ1n) is 2.99. The predicted molar refractivity (Wildman–Crippen MR) is 37.1 cm³/mol. The fraction of sp³-hybridized carbons (Fsp3) is 0.667. The van der Waals surface area contributed by atoms with Crippen molar-refractivity contribution in [3.05, 3.63) is 0 Å². The number of hydrogen-bond donors (Lipinski definition) is 1. The topological polar surface area (TPSA) is 85.8 Å². The molecule has 0 aliphatic rings. The van der Waals surface area contributed by atoms with E-state index in [1.807, 2.05) is 6.07 Å². The smallest absolute Gasteiger partial charge is 0.327 e. The van der Waals surface area contributed by atoms with Gasteiger partial charge in [0.15, 0.2) is 12.1 Å². The third-order valence-electron chi connectivity index (χ3n) is 0.800. The predicted octanol–water partition coefficient (Wildman–Crippen LogP) is 0.825. The minimum Gasteiger partial charge on any atom is -0.480 e. The van der Waals surface area contributed by atoms with Gasteiger partial charge in [0, 0.05) is 0 Å². The van der Waals surface area contributed by atoms with E-state index >= 15 is 0 Å². The van der Waals surface area contributed by atoms with Gasteiger partial charge in [-0.2, -0.15) is 15.5 Å². The Bertz CT molecular complexity index is 214. The van der Waals surface area contributed by atoms with E-state index in [0.717, 1.165) is 0 Å². The first-order chi connectivity index (χ1) is 4.98. The summed E-state index contributed by atoms with van der Waals surface area (Å²) >= 11 is 0. The molecular weight excluding hydrogens is 146 g/mol. The Morgan fingerprint density at radius 3 is 2.64 bits per heavy atom. The highest BCUT2D eigenvalue weighted by molar-refractivity contribution is 5.69. The van der Waals surface area contributed by atoms with Crippen molar-refractivity contribution in [1.29, 1.82) is 5.26 Å². The molecule has 0 rings (SSSR count). The molecule has 0 spiro atoms. The largest absolute Gasteiger partial charge is 0.480 e. The Morgan fingerprint density at radius 1 is 1.73 bits per heavy atom. The zero-order valence-corrected chi connectivity index (χ0v) is 6.40. The van der Waals surface area contributed by atoms with E-state index in [2.05, 4.69) is 10.2 Å². The second-order valence-corrected chi connectivity index (χ2v) is 2.46. The van der Waals surface area contributed by atoms with Crippen molar-refractivity contribution in [3.8, 4) is 6.07 Å². The zero-order chi connectivity index (χ0) is 8.91. The highest BCUT2D eigenvalue weighted by Gasteiger charge is 2.13. The van der Waals surface area contributed by atoms with Crippen LogP contribution in [-0.2, 0) is 4.79 Å². The molecule has 5 nitrogen and oxygen atoms in total. The Morgan fingerprint density at radius 2 is 2.27 bits per heavy atom. The van der Waals surface area contributed by atoms with Crippen LogP contribution in [0.5, 0.6) is 0 Å². The van der Waals surface area contributed by atoms with Crippen molar-refractivity contribution in [2.45, 2.75) is 19.4 Å². The molecule has 0 aromatic carbocycles. The van der Waals surface area contributed by atoms with Gasteiger partial charge in [0.05, 0.1) is 6.07 Å². The van der Waals surface area contributed by atoms with Gasteiger partial charge in [-0.05, 0) is 13.8 Å². The van der Waals surface area contributed by atoms with Gasteiger partial charge in [0.25, 0.3) is 0 Å². The molecule has 0 fully saturated rings. The summed E-state index contributed by atoms with van der Waals surface area (Å²) in [5.41, 5.74) is -0.921. The monoisotopic (exact) mass is 155 g/mol. The maximum Gasteiger partial charge on any atom is 0.327 e. The molecule has 0 heterocycles. The Kier molecular flexibility index (Phi) is 3.18. The molecule has 0 bridgehead atoms. The lowest BCUT2D eigenvalue weighted by Crippen LogP contribution is -2.12. The van der Waals surface area contributed by atoms with Gasteiger partial charge in [0.2, 0.25) is 0 Å². The maximum absolute atomic E-state index is 9.94. The van der Waals surface area contributed by atoms with Crippen molar-refractivity contribution in [3.63, 3.8) is 0 Å². The summed E-state index contributed by atoms with van der Waals surface area (Å²) < 4.78 is 0. The van der Waals surface area contributed by atoms with Crippen LogP contribution in [-0.4, -0.2) is 23.2 Å². The fourth-order valence-electron chi connectivity index (χ4n) is 0.295. The normalized spacial score (nSPS) is 11.4. The van der Waals surface area contributed by atoms with Gasteiger partial charge in [-0.25, -0.2) is 0 Å². The van der Waals surface area contributed by atoms with Crippen LogP contribution in [0.4, 0.5) is 0 Å². The third kappa shape index (κ3) is 5.03. The van der Waals surface area contributed by atoms with E-state index in [4.69, 9.17) is 10.4 Å². The molecule has 0 aliphatic carbocycles. The average molecular weight is 155 g/mol. The molecule has 0 aliphatic heterocycles. The van der Waals surface area contributed by atoms with E-state index in [-0.39, 0.29) is 6.54 Å². The molecule has 0 radical (unpaired) electrons. The average Bonchev–Trinajstić information content (AvgIpc) is 1.87. The summed E-state index contributed by atoms with van der Waals surface area (Å²) in [5, 5.41) is 23.4. The summed E-state index contributed by atoms with van der Waals surface area (Å²) in [6.07, 6.45) is 0. The molecule has 1 N–H and O–H groups in total. The molecule has 11 heavy (non-hydrogen) atoms. The van der Waals surface area contributed by atoms with Gasteiger partial charge in [-0.3, -0.25) is 4.79 Å². The second kappa shape index (κ2) is 3.66. The molecule has 5 heteroatoms. The van der Waals surface area contributed by atoms with Crippen molar-refractivity contribution in [1.82, 2.24) is 0 Å². The summed E-state index contributed by atoms with van der Waals surface area (Å²) in [5.74, 6) is -1.05. The quantitative estimate of drug-likeness (QED) is 0.612. The third-order valence-corrected chi connectivity index (χ3v) is 0.800. The summed E-state index contributed by atoms with van der Waals surface area (Å²) in [4.78, 5) is 9.94. The lowest BCUT2D eigenvalue weighted by Gasteiger charge is -2.04. The van der Waals surface area contributed by atoms with Crippen LogP contribution in [0.2, 0.25) is 0 Å². The summed E-state index contributed by atoms with van der Waals surface area (Å²) in [6, 6.07) is 1.86. The second-order valence-electron chi connectivity index (χ2n) is 2.46. The number of nitriles is 1. The van der Waals surface area contributed by atoms with Crippen LogP contribution >= 0.6 is 0 Å². The Labute approximate surface area is 64.4 Å². The molecule has 0 unspecified atom stereocenters.